The zero-order valence-electron chi connectivity index (χ0n) is 17.7. The van der Waals surface area contributed by atoms with Gasteiger partial charge >= 0.3 is 0 Å². The number of aryl methyl sites for hydroxylation is 1. The topological polar surface area (TPSA) is 56.7 Å². The van der Waals surface area contributed by atoms with Gasteiger partial charge in [0, 0.05) is 12.1 Å². The predicted octanol–water partition coefficient (Wildman–Crippen LogP) is 4.70. The molecular weight excluding hydrogens is 360 g/mol. The molecule has 2 aromatic carbocycles. The number of amidine groups is 1. The summed E-state index contributed by atoms with van der Waals surface area (Å²) in [6.07, 6.45) is 1.86. The Kier molecular flexibility index (Phi) is 4.85. The summed E-state index contributed by atoms with van der Waals surface area (Å²) in [6, 6.07) is 16.0. The largest absolute Gasteiger partial charge is 0.370 e. The Labute approximate surface area is 173 Å². The van der Waals surface area contributed by atoms with Gasteiger partial charge in [0.15, 0.2) is 0 Å². The molecule has 1 saturated heterocycles. The first-order valence-electron chi connectivity index (χ1n) is 10.4. The molecule has 4 rings (SSSR count). The number of nitrogens with one attached hydrogen (secondary N) is 2. The first-order valence-corrected chi connectivity index (χ1v) is 10.4. The molecule has 1 fully saturated rings. The highest BCUT2D eigenvalue weighted by Crippen LogP contribution is 2.37. The van der Waals surface area contributed by atoms with Gasteiger partial charge in [-0.3, -0.25) is 9.79 Å². The molecule has 0 aromatic heterocycles. The maximum atomic E-state index is 13.3. The van der Waals surface area contributed by atoms with Gasteiger partial charge in [0.2, 0.25) is 0 Å². The summed E-state index contributed by atoms with van der Waals surface area (Å²) in [4.78, 5) is 20.3. The first-order chi connectivity index (χ1) is 13.8. The maximum absolute atomic E-state index is 13.3. The number of likely N-dealkylation sites (tertiary alicyclic amines) is 1. The van der Waals surface area contributed by atoms with Crippen molar-refractivity contribution in [3.8, 4) is 0 Å². The van der Waals surface area contributed by atoms with Crippen molar-refractivity contribution in [2.24, 2.45) is 4.99 Å². The summed E-state index contributed by atoms with van der Waals surface area (Å²) in [6.45, 7) is 9.67. The first kappa shape index (κ1) is 19.5. The summed E-state index contributed by atoms with van der Waals surface area (Å²) >= 11 is 0. The minimum Gasteiger partial charge on any atom is -0.370 e. The quantitative estimate of drug-likeness (QED) is 0.742. The molecule has 0 aliphatic carbocycles. The van der Waals surface area contributed by atoms with Crippen LogP contribution in [0.5, 0.6) is 0 Å². The van der Waals surface area contributed by atoms with E-state index >= 15 is 0 Å². The SMILES string of the molecule is Cc1ccccc1C(=O)N1CCC[C@]2(C1)Nc1ccccc1NC2=NC(C)(C)C. The fraction of sp³-hybridized carbons (Fsp3) is 0.417. The van der Waals surface area contributed by atoms with E-state index < -0.39 is 5.54 Å². The molecule has 29 heavy (non-hydrogen) atoms. The van der Waals surface area contributed by atoms with Crippen molar-refractivity contribution < 1.29 is 4.79 Å². The molecule has 2 aliphatic heterocycles. The fourth-order valence-electron chi connectivity index (χ4n) is 4.24. The maximum Gasteiger partial charge on any atom is 0.254 e. The number of carbonyl (C=O) groups is 1. The third kappa shape index (κ3) is 3.86. The summed E-state index contributed by atoms with van der Waals surface area (Å²) in [5.74, 6) is 1.02. The second kappa shape index (κ2) is 7.21. The number of hydrogen-bond donors (Lipinski definition) is 2. The van der Waals surface area contributed by atoms with Crippen LogP contribution >= 0.6 is 0 Å². The Bertz CT molecular complexity index is 959. The minimum atomic E-state index is -0.405. The van der Waals surface area contributed by atoms with Crippen molar-refractivity contribution in [1.82, 2.24) is 4.90 Å². The zero-order valence-corrected chi connectivity index (χ0v) is 17.7. The lowest BCUT2D eigenvalue weighted by molar-refractivity contribution is 0.0693. The van der Waals surface area contributed by atoms with Crippen molar-refractivity contribution in [3.05, 3.63) is 59.7 Å². The molecule has 0 bridgehead atoms. The van der Waals surface area contributed by atoms with Gasteiger partial charge in [-0.2, -0.15) is 0 Å². The van der Waals surface area contributed by atoms with E-state index in [2.05, 4.69) is 43.5 Å². The molecule has 2 aromatic rings. The van der Waals surface area contributed by atoms with E-state index in [1.54, 1.807) is 0 Å². The summed E-state index contributed by atoms with van der Waals surface area (Å²) in [5.41, 5.74) is 3.27. The number of amides is 1. The van der Waals surface area contributed by atoms with E-state index in [0.717, 1.165) is 47.7 Å². The molecule has 2 N–H and O–H groups in total. The van der Waals surface area contributed by atoms with E-state index in [-0.39, 0.29) is 11.4 Å². The molecular formula is C24H30N4O. The van der Waals surface area contributed by atoms with Gasteiger partial charge < -0.3 is 15.5 Å². The Balaban J connectivity index is 1.71. The van der Waals surface area contributed by atoms with E-state index in [1.807, 2.05) is 48.2 Å². The van der Waals surface area contributed by atoms with Crippen LogP contribution in [-0.2, 0) is 0 Å². The molecule has 1 amide bonds. The standard InChI is InChI=1S/C24H30N4O/c1-17-10-5-6-11-18(17)21(29)28-15-9-14-24(16-28)22(27-23(2,3)4)25-19-12-7-8-13-20(19)26-24/h5-8,10-13,26H,9,14-16H2,1-4H3,(H,25,27)/t24-/m1/s1. The van der Waals surface area contributed by atoms with Crippen molar-refractivity contribution in [3.63, 3.8) is 0 Å². The van der Waals surface area contributed by atoms with Crippen LogP contribution in [0.3, 0.4) is 0 Å². The third-order valence-electron chi connectivity index (χ3n) is 5.61. The molecule has 0 unspecified atom stereocenters. The number of benzene rings is 2. The summed E-state index contributed by atoms with van der Waals surface area (Å²) in [5, 5.41) is 7.32. The molecule has 2 heterocycles. The number of rotatable bonds is 1. The Morgan fingerprint density at radius 2 is 1.76 bits per heavy atom. The number of anilines is 2. The van der Waals surface area contributed by atoms with Gasteiger partial charge in [-0.25, -0.2) is 0 Å². The van der Waals surface area contributed by atoms with Gasteiger partial charge in [0.25, 0.3) is 5.91 Å². The van der Waals surface area contributed by atoms with Crippen LogP contribution in [-0.4, -0.2) is 40.8 Å². The van der Waals surface area contributed by atoms with Crippen LogP contribution in [0.1, 0.15) is 49.5 Å². The van der Waals surface area contributed by atoms with Gasteiger partial charge in [-0.05, 0) is 64.3 Å². The van der Waals surface area contributed by atoms with Crippen molar-refractivity contribution >= 4 is 23.1 Å². The van der Waals surface area contributed by atoms with Crippen LogP contribution in [0.15, 0.2) is 53.5 Å². The highest BCUT2D eigenvalue weighted by Gasteiger charge is 2.45. The second-order valence-electron chi connectivity index (χ2n) is 9.15. The van der Waals surface area contributed by atoms with E-state index in [4.69, 9.17) is 4.99 Å². The minimum absolute atomic E-state index is 0.0953. The highest BCUT2D eigenvalue weighted by molar-refractivity contribution is 6.10. The average Bonchev–Trinajstić information content (AvgIpc) is 2.67. The molecule has 2 aliphatic rings. The molecule has 5 heteroatoms. The average molecular weight is 391 g/mol. The number of piperidine rings is 1. The molecule has 1 atom stereocenters. The fourth-order valence-corrected chi connectivity index (χ4v) is 4.24. The van der Waals surface area contributed by atoms with Gasteiger partial charge in [-0.1, -0.05) is 30.3 Å². The zero-order chi connectivity index (χ0) is 20.6. The third-order valence-corrected chi connectivity index (χ3v) is 5.61. The lowest BCUT2D eigenvalue weighted by atomic mass is 9.84. The number of aliphatic imine (C=N–C) groups is 1. The van der Waals surface area contributed by atoms with Crippen molar-refractivity contribution in [2.75, 3.05) is 23.7 Å². The van der Waals surface area contributed by atoms with Gasteiger partial charge in [0.05, 0.1) is 23.5 Å². The summed E-state index contributed by atoms with van der Waals surface area (Å²) < 4.78 is 0. The highest BCUT2D eigenvalue weighted by atomic mass is 16.2. The summed E-state index contributed by atoms with van der Waals surface area (Å²) in [7, 11) is 0. The van der Waals surface area contributed by atoms with E-state index in [0.29, 0.717) is 6.54 Å². The lowest BCUT2D eigenvalue weighted by Crippen LogP contribution is -2.63. The number of carbonyl (C=O) groups excluding carboxylic acids is 1. The number of hydrogen-bond acceptors (Lipinski definition) is 3. The van der Waals surface area contributed by atoms with E-state index in [9.17, 15) is 4.79 Å². The molecule has 5 nitrogen and oxygen atoms in total. The molecule has 1 spiro atoms. The van der Waals surface area contributed by atoms with Crippen LogP contribution in [0, 0.1) is 6.92 Å². The smallest absolute Gasteiger partial charge is 0.254 e. The Hall–Kier alpha value is -2.82. The monoisotopic (exact) mass is 390 g/mol. The number of fused-ring (bicyclic) bond motifs is 1. The normalized spacial score (nSPS) is 22.8. The van der Waals surface area contributed by atoms with E-state index in [1.165, 1.54) is 0 Å². The van der Waals surface area contributed by atoms with Gasteiger partial charge in [-0.15, -0.1) is 0 Å². The number of nitrogens with zero attached hydrogens (tertiary/aromatic N) is 2. The van der Waals surface area contributed by atoms with Crippen molar-refractivity contribution in [1.29, 1.82) is 0 Å². The molecule has 0 radical (unpaired) electrons. The van der Waals surface area contributed by atoms with Crippen LogP contribution in [0.25, 0.3) is 0 Å². The molecule has 152 valence electrons. The lowest BCUT2D eigenvalue weighted by Gasteiger charge is -2.48. The predicted molar refractivity (Wildman–Crippen MR) is 120 cm³/mol. The van der Waals surface area contributed by atoms with Crippen LogP contribution in [0.4, 0.5) is 11.4 Å². The Morgan fingerprint density at radius 1 is 1.07 bits per heavy atom. The number of para-hydroxylation sites is 2. The Morgan fingerprint density at radius 3 is 2.48 bits per heavy atom. The van der Waals surface area contributed by atoms with Gasteiger partial charge in [0.1, 0.15) is 11.4 Å². The van der Waals surface area contributed by atoms with Crippen molar-refractivity contribution in [2.45, 2.75) is 51.6 Å². The van der Waals surface area contributed by atoms with Crippen LogP contribution in [0.2, 0.25) is 0 Å². The van der Waals surface area contributed by atoms with Crippen LogP contribution < -0.4 is 10.6 Å². The molecule has 0 saturated carbocycles. The second-order valence-corrected chi connectivity index (χ2v) is 9.15.